The number of amides is 1. The highest BCUT2D eigenvalue weighted by molar-refractivity contribution is 5.97. The topological polar surface area (TPSA) is 114 Å². The summed E-state index contributed by atoms with van der Waals surface area (Å²) < 4.78 is 11.6. The van der Waals surface area contributed by atoms with E-state index in [9.17, 15) is 4.79 Å². The normalized spacial score (nSPS) is 11.3. The van der Waals surface area contributed by atoms with Gasteiger partial charge in [-0.2, -0.15) is 5.10 Å². The lowest BCUT2D eigenvalue weighted by Crippen LogP contribution is -2.43. The van der Waals surface area contributed by atoms with Crippen molar-refractivity contribution in [1.82, 2.24) is 25.5 Å². The van der Waals surface area contributed by atoms with Crippen molar-refractivity contribution in [3.05, 3.63) is 54.2 Å². The molecule has 0 unspecified atom stereocenters. The molecular formula is C26H30N6O3. The lowest BCUT2D eigenvalue weighted by Gasteiger charge is -2.20. The molecule has 0 aliphatic rings. The Morgan fingerprint density at radius 2 is 1.91 bits per heavy atom. The van der Waals surface area contributed by atoms with E-state index in [1.54, 1.807) is 12.3 Å². The fraction of sp³-hybridized carbons (Fsp3) is 0.308. The number of anilines is 2. The minimum absolute atomic E-state index is 0.0805. The number of ether oxygens (including phenoxy) is 2. The van der Waals surface area contributed by atoms with Gasteiger partial charge in [-0.05, 0) is 64.4 Å². The van der Waals surface area contributed by atoms with Gasteiger partial charge in [0.1, 0.15) is 23.1 Å². The van der Waals surface area contributed by atoms with Gasteiger partial charge in [0.2, 0.25) is 0 Å². The molecule has 2 heterocycles. The quantitative estimate of drug-likeness (QED) is 0.337. The van der Waals surface area contributed by atoms with Crippen molar-refractivity contribution in [3.8, 4) is 22.9 Å². The van der Waals surface area contributed by atoms with Crippen LogP contribution in [0.25, 0.3) is 22.3 Å². The predicted octanol–water partition coefficient (Wildman–Crippen LogP) is 4.76. The molecule has 4 rings (SSSR count). The molecule has 3 N–H and O–H groups in total. The van der Waals surface area contributed by atoms with E-state index >= 15 is 0 Å². The minimum Gasteiger partial charge on any atom is -0.493 e. The monoisotopic (exact) mass is 474 g/mol. The van der Waals surface area contributed by atoms with Crippen molar-refractivity contribution in [1.29, 1.82) is 0 Å². The Morgan fingerprint density at radius 1 is 1.09 bits per heavy atom. The molecule has 4 aromatic rings. The van der Waals surface area contributed by atoms with Crippen molar-refractivity contribution in [2.24, 2.45) is 0 Å². The van der Waals surface area contributed by atoms with E-state index < -0.39 is 0 Å². The summed E-state index contributed by atoms with van der Waals surface area (Å²) >= 11 is 0. The van der Waals surface area contributed by atoms with E-state index in [4.69, 9.17) is 19.4 Å². The lowest BCUT2D eigenvalue weighted by molar-refractivity contribution is -0.124. The van der Waals surface area contributed by atoms with Gasteiger partial charge in [-0.3, -0.25) is 9.89 Å². The molecule has 0 radical (unpaired) electrons. The average molecular weight is 475 g/mol. The number of aromatic amines is 1. The third-order valence-electron chi connectivity index (χ3n) is 4.94. The molecule has 9 nitrogen and oxygen atoms in total. The van der Waals surface area contributed by atoms with Crippen LogP contribution in [0.15, 0.2) is 48.7 Å². The van der Waals surface area contributed by atoms with Crippen LogP contribution in [0.4, 0.5) is 11.6 Å². The Balaban J connectivity index is 1.71. The fourth-order valence-electron chi connectivity index (χ4n) is 3.63. The number of carbonyl (C=O) groups excluding carboxylic acids is 1. The summed E-state index contributed by atoms with van der Waals surface area (Å²) in [7, 11) is 0. The molecule has 0 aliphatic heterocycles. The summed E-state index contributed by atoms with van der Waals surface area (Å²) in [6.07, 6.45) is 1.66. The third kappa shape index (κ3) is 6.06. The number of aryl methyl sites for hydroxylation is 1. The van der Waals surface area contributed by atoms with Crippen molar-refractivity contribution >= 4 is 28.4 Å². The Morgan fingerprint density at radius 3 is 2.63 bits per heavy atom. The molecule has 2 aromatic heterocycles. The van der Waals surface area contributed by atoms with E-state index in [2.05, 4.69) is 20.8 Å². The molecule has 0 saturated carbocycles. The zero-order chi connectivity index (χ0) is 25.0. The summed E-state index contributed by atoms with van der Waals surface area (Å²) in [6, 6.07) is 13.2. The average Bonchev–Trinajstić information content (AvgIpc) is 3.29. The van der Waals surface area contributed by atoms with E-state index in [1.807, 2.05) is 71.0 Å². The Hall–Kier alpha value is -4.14. The highest BCUT2D eigenvalue weighted by Crippen LogP contribution is 2.35. The Labute approximate surface area is 204 Å². The second-order valence-electron chi connectivity index (χ2n) is 9.20. The third-order valence-corrected chi connectivity index (χ3v) is 4.94. The van der Waals surface area contributed by atoms with Gasteiger partial charge in [-0.1, -0.05) is 12.1 Å². The number of carbonyl (C=O) groups is 1. The zero-order valence-electron chi connectivity index (χ0n) is 20.6. The molecule has 35 heavy (non-hydrogen) atoms. The number of benzene rings is 2. The molecule has 0 atom stereocenters. The fourth-order valence-corrected chi connectivity index (χ4v) is 3.63. The predicted molar refractivity (Wildman–Crippen MR) is 136 cm³/mol. The summed E-state index contributed by atoms with van der Waals surface area (Å²) in [5.41, 5.74) is 2.21. The minimum atomic E-state index is -0.322. The van der Waals surface area contributed by atoms with E-state index in [-0.39, 0.29) is 18.1 Å². The number of nitrogens with one attached hydrogen (secondary N) is 3. The number of aromatic nitrogens is 4. The van der Waals surface area contributed by atoms with E-state index in [1.165, 1.54) is 0 Å². The molecular weight excluding hydrogens is 444 g/mol. The molecule has 0 aliphatic carbocycles. The van der Waals surface area contributed by atoms with Gasteiger partial charge in [-0.25, -0.2) is 9.97 Å². The summed E-state index contributed by atoms with van der Waals surface area (Å²) in [5, 5.41) is 13.9. The number of hydrogen-bond acceptors (Lipinski definition) is 7. The summed E-state index contributed by atoms with van der Waals surface area (Å²) in [4.78, 5) is 21.8. The highest BCUT2D eigenvalue weighted by Gasteiger charge is 2.17. The first-order chi connectivity index (χ1) is 16.7. The molecule has 2 aromatic carbocycles. The molecule has 0 bridgehead atoms. The molecule has 9 heteroatoms. The van der Waals surface area contributed by atoms with Gasteiger partial charge in [0.25, 0.3) is 5.91 Å². The summed E-state index contributed by atoms with van der Waals surface area (Å²) in [6.45, 7) is 10.2. The van der Waals surface area contributed by atoms with Gasteiger partial charge in [0.15, 0.2) is 12.4 Å². The van der Waals surface area contributed by atoms with Crippen LogP contribution in [0.5, 0.6) is 11.5 Å². The maximum absolute atomic E-state index is 12.2. The number of H-pyrrole nitrogens is 1. The molecule has 0 saturated heterocycles. The summed E-state index contributed by atoms with van der Waals surface area (Å²) in [5.74, 6) is 2.87. The maximum atomic E-state index is 12.2. The van der Waals surface area contributed by atoms with E-state index in [0.717, 1.165) is 22.0 Å². The van der Waals surface area contributed by atoms with Gasteiger partial charge in [-0.15, -0.1) is 0 Å². The van der Waals surface area contributed by atoms with Crippen molar-refractivity contribution in [2.75, 3.05) is 18.5 Å². The van der Waals surface area contributed by atoms with Crippen molar-refractivity contribution < 1.29 is 14.3 Å². The zero-order valence-corrected chi connectivity index (χ0v) is 20.6. The first kappa shape index (κ1) is 24.0. The molecule has 0 fully saturated rings. The van der Waals surface area contributed by atoms with Gasteiger partial charge in [0.05, 0.1) is 23.7 Å². The van der Waals surface area contributed by atoms with Crippen LogP contribution < -0.4 is 20.1 Å². The van der Waals surface area contributed by atoms with E-state index in [0.29, 0.717) is 35.6 Å². The first-order valence-corrected chi connectivity index (χ1v) is 11.5. The van der Waals surface area contributed by atoms with Crippen molar-refractivity contribution in [3.63, 3.8) is 0 Å². The second-order valence-corrected chi connectivity index (χ2v) is 9.20. The van der Waals surface area contributed by atoms with Gasteiger partial charge >= 0.3 is 0 Å². The van der Waals surface area contributed by atoms with Crippen LogP contribution in [0.2, 0.25) is 0 Å². The number of fused-ring (bicyclic) bond motifs is 1. The van der Waals surface area contributed by atoms with Crippen LogP contribution in [-0.4, -0.2) is 44.8 Å². The number of nitrogens with zero attached hydrogens (tertiary/aromatic N) is 3. The molecule has 0 spiro atoms. The maximum Gasteiger partial charge on any atom is 0.258 e. The number of hydrogen-bond donors (Lipinski definition) is 3. The standard InChI is InChI=1S/C26H30N6O3/c1-6-34-20-13-16(2)12-19-23(20)25(29-21-10-11-27-32-21)30-24(28-19)17-8-7-9-18(14-17)35-15-22(33)31-26(3,4)5/h7-14H,6,15H2,1-5H3,(H,31,33)(H2,27,28,29,30,32). The van der Waals surface area contributed by atoms with Gasteiger partial charge in [0, 0.05) is 17.2 Å². The first-order valence-electron chi connectivity index (χ1n) is 11.5. The van der Waals surface area contributed by atoms with Crippen LogP contribution in [0.1, 0.15) is 33.3 Å². The van der Waals surface area contributed by atoms with Crippen LogP contribution in [0, 0.1) is 6.92 Å². The SMILES string of the molecule is CCOc1cc(C)cc2nc(-c3cccc(OCC(=O)NC(C)(C)C)c3)nc(Nc3ccn[nH]3)c12. The second kappa shape index (κ2) is 10.0. The van der Waals surface area contributed by atoms with Crippen LogP contribution >= 0.6 is 0 Å². The largest absolute Gasteiger partial charge is 0.493 e. The molecule has 182 valence electrons. The Kier molecular flexibility index (Phi) is 6.86. The molecule has 1 amide bonds. The smallest absolute Gasteiger partial charge is 0.258 e. The van der Waals surface area contributed by atoms with Crippen molar-refractivity contribution in [2.45, 2.75) is 40.2 Å². The van der Waals surface area contributed by atoms with Crippen LogP contribution in [0.3, 0.4) is 0 Å². The van der Waals surface area contributed by atoms with Crippen LogP contribution in [-0.2, 0) is 4.79 Å². The van der Waals surface area contributed by atoms with Gasteiger partial charge < -0.3 is 20.1 Å². The lowest BCUT2D eigenvalue weighted by atomic mass is 10.1. The highest BCUT2D eigenvalue weighted by atomic mass is 16.5. The number of rotatable bonds is 8. The Bertz CT molecular complexity index is 1330.